The summed E-state index contributed by atoms with van der Waals surface area (Å²) in [6.45, 7) is 3.30. The standard InChI is InChI=1S/C13H19N3OS2/c1-2-16-12(11-7-6-10-18-11)14-15-13(16)19-9-5-3-4-8-17/h6-7,10,17H,2-5,8-9H2,1H3. The number of aromatic nitrogens is 3. The highest BCUT2D eigenvalue weighted by molar-refractivity contribution is 7.99. The second-order valence-corrected chi connectivity index (χ2v) is 6.17. The zero-order valence-corrected chi connectivity index (χ0v) is 12.7. The molecule has 0 bridgehead atoms. The Kier molecular flexibility index (Phi) is 5.88. The highest BCUT2D eigenvalue weighted by atomic mass is 32.2. The molecule has 6 heteroatoms. The van der Waals surface area contributed by atoms with E-state index in [1.54, 1.807) is 23.1 Å². The van der Waals surface area contributed by atoms with Crippen molar-refractivity contribution in [3.05, 3.63) is 17.5 Å². The number of hydrogen-bond donors (Lipinski definition) is 1. The van der Waals surface area contributed by atoms with Gasteiger partial charge in [-0.2, -0.15) is 0 Å². The number of thioether (sulfide) groups is 1. The van der Waals surface area contributed by atoms with Crippen LogP contribution in [0.4, 0.5) is 0 Å². The molecule has 0 aliphatic heterocycles. The molecule has 2 rings (SSSR count). The van der Waals surface area contributed by atoms with Gasteiger partial charge < -0.3 is 9.67 Å². The van der Waals surface area contributed by atoms with E-state index in [0.29, 0.717) is 6.61 Å². The van der Waals surface area contributed by atoms with E-state index in [1.165, 1.54) is 4.88 Å². The molecule has 1 N–H and O–H groups in total. The lowest BCUT2D eigenvalue weighted by molar-refractivity contribution is 0.284. The Labute approximate surface area is 121 Å². The Morgan fingerprint density at radius 1 is 1.32 bits per heavy atom. The van der Waals surface area contributed by atoms with E-state index in [0.717, 1.165) is 42.5 Å². The molecule has 0 aliphatic carbocycles. The average Bonchev–Trinajstić information content (AvgIpc) is 3.06. The summed E-state index contributed by atoms with van der Waals surface area (Å²) in [5.41, 5.74) is 0. The summed E-state index contributed by atoms with van der Waals surface area (Å²) in [7, 11) is 0. The van der Waals surface area contributed by atoms with Crippen LogP contribution in [0.25, 0.3) is 10.7 Å². The first-order chi connectivity index (χ1) is 9.36. The maximum Gasteiger partial charge on any atom is 0.191 e. The summed E-state index contributed by atoms with van der Waals surface area (Å²) in [6.07, 6.45) is 3.07. The maximum absolute atomic E-state index is 8.74. The lowest BCUT2D eigenvalue weighted by Gasteiger charge is -2.05. The number of unbranched alkanes of at least 4 members (excludes halogenated alkanes) is 2. The molecule has 4 nitrogen and oxygen atoms in total. The van der Waals surface area contributed by atoms with Gasteiger partial charge in [0.05, 0.1) is 4.88 Å². The van der Waals surface area contributed by atoms with Gasteiger partial charge in [-0.25, -0.2) is 0 Å². The Morgan fingerprint density at radius 2 is 2.21 bits per heavy atom. The minimum atomic E-state index is 0.290. The first-order valence-electron chi connectivity index (χ1n) is 6.57. The fourth-order valence-electron chi connectivity index (χ4n) is 1.82. The SMILES string of the molecule is CCn1c(SCCCCCO)nnc1-c1cccs1. The van der Waals surface area contributed by atoms with Crippen molar-refractivity contribution in [1.82, 2.24) is 14.8 Å². The zero-order chi connectivity index (χ0) is 13.5. The van der Waals surface area contributed by atoms with Gasteiger partial charge in [0.25, 0.3) is 0 Å². The van der Waals surface area contributed by atoms with Crippen molar-refractivity contribution in [2.24, 2.45) is 0 Å². The Hall–Kier alpha value is -0.850. The van der Waals surface area contributed by atoms with Crippen molar-refractivity contribution >= 4 is 23.1 Å². The third-order valence-electron chi connectivity index (χ3n) is 2.81. The van der Waals surface area contributed by atoms with Crippen LogP contribution >= 0.6 is 23.1 Å². The predicted molar refractivity (Wildman–Crippen MR) is 80.7 cm³/mol. The fraction of sp³-hybridized carbons (Fsp3) is 0.538. The van der Waals surface area contributed by atoms with Crippen LogP contribution in [0.1, 0.15) is 26.2 Å². The number of hydrogen-bond acceptors (Lipinski definition) is 5. The molecular weight excluding hydrogens is 278 g/mol. The van der Waals surface area contributed by atoms with Crippen molar-refractivity contribution in [3.63, 3.8) is 0 Å². The molecule has 0 aliphatic rings. The maximum atomic E-state index is 8.74. The highest BCUT2D eigenvalue weighted by Gasteiger charge is 2.13. The first kappa shape index (κ1) is 14.6. The van der Waals surface area contributed by atoms with Crippen LogP contribution in [-0.4, -0.2) is 32.2 Å². The summed E-state index contributed by atoms with van der Waals surface area (Å²) in [4.78, 5) is 1.17. The summed E-state index contributed by atoms with van der Waals surface area (Å²) < 4.78 is 2.17. The number of nitrogens with zero attached hydrogens (tertiary/aromatic N) is 3. The number of rotatable bonds is 8. The topological polar surface area (TPSA) is 50.9 Å². The normalized spacial score (nSPS) is 11.1. The van der Waals surface area contributed by atoms with Gasteiger partial charge in [0.2, 0.25) is 0 Å². The number of aliphatic hydroxyl groups is 1. The summed E-state index contributed by atoms with van der Waals surface area (Å²) in [5.74, 6) is 2.00. The van der Waals surface area contributed by atoms with Gasteiger partial charge in [-0.05, 0) is 31.2 Å². The predicted octanol–water partition coefficient (Wildman–Crippen LogP) is 3.28. The lowest BCUT2D eigenvalue weighted by atomic mass is 10.3. The summed E-state index contributed by atoms with van der Waals surface area (Å²) >= 11 is 3.45. The summed E-state index contributed by atoms with van der Waals surface area (Å²) in [5, 5.41) is 20.4. The first-order valence-corrected chi connectivity index (χ1v) is 8.44. The third kappa shape index (κ3) is 3.81. The molecule has 2 heterocycles. The lowest BCUT2D eigenvalue weighted by Crippen LogP contribution is -1.99. The number of thiophene rings is 1. The van der Waals surface area contributed by atoms with E-state index >= 15 is 0 Å². The molecule has 0 saturated heterocycles. The van der Waals surface area contributed by atoms with Crippen LogP contribution in [0, 0.1) is 0 Å². The van der Waals surface area contributed by atoms with E-state index in [9.17, 15) is 0 Å². The van der Waals surface area contributed by atoms with Crippen LogP contribution in [0.3, 0.4) is 0 Å². The second-order valence-electron chi connectivity index (χ2n) is 4.16. The average molecular weight is 297 g/mol. The molecule has 0 unspecified atom stereocenters. The van der Waals surface area contributed by atoms with Crippen LogP contribution in [-0.2, 0) is 6.54 Å². The second kappa shape index (κ2) is 7.67. The van der Waals surface area contributed by atoms with Crippen molar-refractivity contribution in [2.45, 2.75) is 37.9 Å². The van der Waals surface area contributed by atoms with E-state index in [1.807, 2.05) is 6.07 Å². The largest absolute Gasteiger partial charge is 0.396 e. The van der Waals surface area contributed by atoms with Crippen LogP contribution < -0.4 is 0 Å². The number of aliphatic hydroxyl groups excluding tert-OH is 1. The molecule has 0 spiro atoms. The minimum absolute atomic E-state index is 0.290. The summed E-state index contributed by atoms with van der Waals surface area (Å²) in [6, 6.07) is 4.12. The van der Waals surface area contributed by atoms with E-state index < -0.39 is 0 Å². The molecule has 19 heavy (non-hydrogen) atoms. The van der Waals surface area contributed by atoms with Crippen LogP contribution in [0.5, 0.6) is 0 Å². The van der Waals surface area contributed by atoms with Crippen molar-refractivity contribution in [1.29, 1.82) is 0 Å². The Balaban J connectivity index is 1.98. The molecule has 0 radical (unpaired) electrons. The molecule has 0 atom stereocenters. The fourth-order valence-corrected chi connectivity index (χ4v) is 3.54. The molecule has 2 aromatic heterocycles. The van der Waals surface area contributed by atoms with Crippen LogP contribution in [0.2, 0.25) is 0 Å². The molecule has 0 saturated carbocycles. The molecule has 2 aromatic rings. The van der Waals surface area contributed by atoms with Gasteiger partial charge in [-0.15, -0.1) is 21.5 Å². The van der Waals surface area contributed by atoms with E-state index in [4.69, 9.17) is 5.11 Å². The minimum Gasteiger partial charge on any atom is -0.396 e. The molecule has 0 aromatic carbocycles. The Morgan fingerprint density at radius 3 is 2.89 bits per heavy atom. The van der Waals surface area contributed by atoms with Crippen molar-refractivity contribution in [2.75, 3.05) is 12.4 Å². The van der Waals surface area contributed by atoms with Crippen LogP contribution in [0.15, 0.2) is 22.7 Å². The molecular formula is C13H19N3OS2. The van der Waals surface area contributed by atoms with Gasteiger partial charge in [-0.3, -0.25) is 0 Å². The van der Waals surface area contributed by atoms with Gasteiger partial charge in [0.15, 0.2) is 11.0 Å². The van der Waals surface area contributed by atoms with Gasteiger partial charge in [0, 0.05) is 18.9 Å². The van der Waals surface area contributed by atoms with Gasteiger partial charge >= 0.3 is 0 Å². The van der Waals surface area contributed by atoms with Crippen molar-refractivity contribution in [3.8, 4) is 10.7 Å². The zero-order valence-electron chi connectivity index (χ0n) is 11.1. The van der Waals surface area contributed by atoms with Gasteiger partial charge in [-0.1, -0.05) is 24.2 Å². The molecule has 104 valence electrons. The quantitative estimate of drug-likeness (QED) is 0.600. The monoisotopic (exact) mass is 297 g/mol. The van der Waals surface area contributed by atoms with E-state index in [2.05, 4.69) is 33.1 Å². The van der Waals surface area contributed by atoms with E-state index in [-0.39, 0.29) is 0 Å². The molecule has 0 amide bonds. The smallest absolute Gasteiger partial charge is 0.191 e. The highest BCUT2D eigenvalue weighted by Crippen LogP contribution is 2.27. The van der Waals surface area contributed by atoms with Crippen molar-refractivity contribution < 1.29 is 5.11 Å². The van der Waals surface area contributed by atoms with Gasteiger partial charge in [0.1, 0.15) is 0 Å². The Bertz CT molecular complexity index is 482. The molecule has 0 fully saturated rings. The third-order valence-corrected chi connectivity index (χ3v) is 4.73.